The molecular weight excluding hydrogens is 306 g/mol. The van der Waals surface area contributed by atoms with Crippen molar-refractivity contribution in [1.29, 1.82) is 0 Å². The molecule has 0 bridgehead atoms. The second kappa shape index (κ2) is 5.52. The molecule has 1 nitrogen and oxygen atoms in total. The first kappa shape index (κ1) is 12.4. The molecule has 0 spiro atoms. The summed E-state index contributed by atoms with van der Waals surface area (Å²) < 4.78 is 19.7. The highest BCUT2D eigenvalue weighted by Crippen LogP contribution is 2.19. The van der Waals surface area contributed by atoms with E-state index in [1.807, 2.05) is 24.3 Å². The van der Waals surface area contributed by atoms with Gasteiger partial charge in [0.05, 0.1) is 5.02 Å². The number of hydrogen-bond donors (Lipinski definition) is 0. The van der Waals surface area contributed by atoms with Crippen LogP contribution in [0.25, 0.3) is 0 Å². The molecule has 0 unspecified atom stereocenters. The number of benzene rings is 2. The molecular formula is C13H9BrClFO. The van der Waals surface area contributed by atoms with Gasteiger partial charge in [-0.05, 0) is 42.0 Å². The van der Waals surface area contributed by atoms with Gasteiger partial charge in [-0.15, -0.1) is 0 Å². The highest BCUT2D eigenvalue weighted by Gasteiger charge is 2.01. The van der Waals surface area contributed by atoms with E-state index in [-0.39, 0.29) is 5.02 Å². The molecule has 0 N–H and O–H groups in total. The summed E-state index contributed by atoms with van der Waals surface area (Å²) in [5.74, 6) is 0.312. The summed E-state index contributed by atoms with van der Waals surface area (Å²) in [5, 5.41) is 0.123. The number of rotatable bonds is 3. The molecule has 0 amide bonds. The van der Waals surface area contributed by atoms with Crippen molar-refractivity contribution in [3.63, 3.8) is 0 Å². The van der Waals surface area contributed by atoms with Crippen LogP contribution < -0.4 is 4.74 Å². The molecule has 0 aliphatic rings. The van der Waals surface area contributed by atoms with Gasteiger partial charge in [0.25, 0.3) is 0 Å². The molecule has 4 heteroatoms. The van der Waals surface area contributed by atoms with Gasteiger partial charge in [-0.2, -0.15) is 0 Å². The first-order valence-corrected chi connectivity index (χ1v) is 6.14. The van der Waals surface area contributed by atoms with Crippen LogP contribution in [0.1, 0.15) is 5.56 Å². The number of halogens is 3. The first-order valence-electron chi connectivity index (χ1n) is 4.97. The van der Waals surface area contributed by atoms with Crippen molar-refractivity contribution >= 4 is 27.5 Å². The van der Waals surface area contributed by atoms with E-state index in [9.17, 15) is 4.39 Å². The van der Waals surface area contributed by atoms with Crippen LogP contribution in [0.4, 0.5) is 4.39 Å². The molecule has 0 heterocycles. The average Bonchev–Trinajstić information content (AvgIpc) is 2.33. The molecule has 0 aromatic heterocycles. The van der Waals surface area contributed by atoms with Crippen LogP contribution in [0.15, 0.2) is 46.9 Å². The minimum absolute atomic E-state index is 0.123. The minimum Gasteiger partial charge on any atom is -0.489 e. The Bertz CT molecular complexity index is 513. The zero-order valence-electron chi connectivity index (χ0n) is 8.79. The fourth-order valence-corrected chi connectivity index (χ4v) is 1.71. The van der Waals surface area contributed by atoms with Gasteiger partial charge in [0, 0.05) is 4.47 Å². The van der Waals surface area contributed by atoms with Crippen molar-refractivity contribution in [3.8, 4) is 5.75 Å². The van der Waals surface area contributed by atoms with E-state index < -0.39 is 5.82 Å². The minimum atomic E-state index is -0.427. The third-order valence-corrected chi connectivity index (χ3v) is 3.04. The lowest BCUT2D eigenvalue weighted by Crippen LogP contribution is -1.96. The zero-order valence-corrected chi connectivity index (χ0v) is 11.1. The van der Waals surface area contributed by atoms with E-state index in [1.54, 1.807) is 6.07 Å². The molecule has 0 aliphatic heterocycles. The van der Waals surface area contributed by atoms with Gasteiger partial charge in [-0.25, -0.2) is 4.39 Å². The highest BCUT2D eigenvalue weighted by molar-refractivity contribution is 9.10. The van der Waals surface area contributed by atoms with Crippen LogP contribution in [-0.2, 0) is 6.61 Å². The van der Waals surface area contributed by atoms with Crippen LogP contribution in [0.3, 0.4) is 0 Å². The lowest BCUT2D eigenvalue weighted by molar-refractivity contribution is 0.305. The summed E-state index contributed by atoms with van der Waals surface area (Å²) in [6.07, 6.45) is 0. The smallest absolute Gasteiger partial charge is 0.142 e. The lowest BCUT2D eigenvalue weighted by atomic mass is 10.2. The summed E-state index contributed by atoms with van der Waals surface area (Å²) in [6.45, 7) is 0.315. The van der Waals surface area contributed by atoms with Gasteiger partial charge in [0.15, 0.2) is 0 Å². The Morgan fingerprint density at radius 3 is 2.47 bits per heavy atom. The van der Waals surface area contributed by atoms with E-state index in [0.717, 1.165) is 15.8 Å². The molecule has 0 radical (unpaired) electrons. The predicted octanol–water partition coefficient (Wildman–Crippen LogP) is 4.82. The standard InChI is InChI=1S/C13H9BrClFO/c14-10-2-4-11(5-3-10)17-8-9-1-6-12(15)13(16)7-9/h1-7H,8H2. The maximum atomic E-state index is 13.2. The summed E-state index contributed by atoms with van der Waals surface area (Å²) in [6, 6.07) is 12.1. The molecule has 0 atom stereocenters. The van der Waals surface area contributed by atoms with Gasteiger partial charge >= 0.3 is 0 Å². The molecule has 2 rings (SSSR count). The normalized spacial score (nSPS) is 10.3. The van der Waals surface area contributed by atoms with Crippen molar-refractivity contribution in [1.82, 2.24) is 0 Å². The van der Waals surface area contributed by atoms with Crippen molar-refractivity contribution in [2.45, 2.75) is 6.61 Å². The van der Waals surface area contributed by atoms with Crippen LogP contribution in [-0.4, -0.2) is 0 Å². The monoisotopic (exact) mass is 314 g/mol. The quantitative estimate of drug-likeness (QED) is 0.789. The summed E-state index contributed by atoms with van der Waals surface area (Å²) >= 11 is 8.93. The van der Waals surface area contributed by atoms with E-state index in [1.165, 1.54) is 12.1 Å². The molecule has 0 saturated heterocycles. The van der Waals surface area contributed by atoms with Gasteiger partial charge in [0.1, 0.15) is 18.2 Å². The summed E-state index contributed by atoms with van der Waals surface area (Å²) in [7, 11) is 0. The lowest BCUT2D eigenvalue weighted by Gasteiger charge is -2.06. The molecule has 0 fully saturated rings. The van der Waals surface area contributed by atoms with Crippen molar-refractivity contribution in [3.05, 3.63) is 63.3 Å². The van der Waals surface area contributed by atoms with Gasteiger partial charge < -0.3 is 4.74 Å². The van der Waals surface area contributed by atoms with Crippen molar-refractivity contribution < 1.29 is 9.13 Å². The molecule has 88 valence electrons. The molecule has 2 aromatic rings. The summed E-state index contributed by atoms with van der Waals surface area (Å²) in [5.41, 5.74) is 0.745. The van der Waals surface area contributed by atoms with Crippen molar-refractivity contribution in [2.24, 2.45) is 0 Å². The first-order chi connectivity index (χ1) is 8.15. The number of hydrogen-bond acceptors (Lipinski definition) is 1. The van der Waals surface area contributed by atoms with Gasteiger partial charge in [-0.3, -0.25) is 0 Å². The second-order valence-electron chi connectivity index (χ2n) is 3.49. The Morgan fingerprint density at radius 1 is 1.12 bits per heavy atom. The number of ether oxygens (including phenoxy) is 1. The fraction of sp³-hybridized carbons (Fsp3) is 0.0769. The SMILES string of the molecule is Fc1cc(COc2ccc(Br)cc2)ccc1Cl. The Hall–Kier alpha value is -1.06. The Labute approximate surface area is 112 Å². The fourth-order valence-electron chi connectivity index (χ4n) is 1.33. The largest absolute Gasteiger partial charge is 0.489 e. The Kier molecular flexibility index (Phi) is 4.02. The third kappa shape index (κ3) is 3.45. The van der Waals surface area contributed by atoms with Gasteiger partial charge in [0.2, 0.25) is 0 Å². The third-order valence-electron chi connectivity index (χ3n) is 2.20. The molecule has 17 heavy (non-hydrogen) atoms. The van der Waals surface area contributed by atoms with E-state index in [2.05, 4.69) is 15.9 Å². The zero-order chi connectivity index (χ0) is 12.3. The maximum Gasteiger partial charge on any atom is 0.142 e. The molecule has 2 aromatic carbocycles. The van der Waals surface area contributed by atoms with Gasteiger partial charge in [-0.1, -0.05) is 33.6 Å². The van der Waals surface area contributed by atoms with E-state index >= 15 is 0 Å². The second-order valence-corrected chi connectivity index (χ2v) is 4.81. The van der Waals surface area contributed by atoms with Crippen LogP contribution in [0, 0.1) is 5.82 Å². The maximum absolute atomic E-state index is 13.2. The molecule has 0 saturated carbocycles. The Morgan fingerprint density at radius 2 is 1.82 bits per heavy atom. The highest BCUT2D eigenvalue weighted by atomic mass is 79.9. The van der Waals surface area contributed by atoms with Crippen LogP contribution >= 0.6 is 27.5 Å². The van der Waals surface area contributed by atoms with E-state index in [4.69, 9.17) is 16.3 Å². The Balaban J connectivity index is 2.02. The molecule has 0 aliphatic carbocycles. The van der Waals surface area contributed by atoms with Crippen molar-refractivity contribution in [2.75, 3.05) is 0 Å². The van der Waals surface area contributed by atoms with Crippen LogP contribution in [0.5, 0.6) is 5.75 Å². The topological polar surface area (TPSA) is 9.23 Å². The van der Waals surface area contributed by atoms with E-state index in [0.29, 0.717) is 6.61 Å². The predicted molar refractivity (Wildman–Crippen MR) is 69.9 cm³/mol. The van der Waals surface area contributed by atoms with Crippen LogP contribution in [0.2, 0.25) is 5.02 Å². The summed E-state index contributed by atoms with van der Waals surface area (Å²) in [4.78, 5) is 0. The average molecular weight is 316 g/mol.